The number of benzene rings is 2. The molecule has 0 amide bonds. The van der Waals surface area contributed by atoms with Crippen LogP contribution in [0.25, 0.3) is 10.8 Å². The van der Waals surface area contributed by atoms with Crippen LogP contribution >= 0.6 is 11.6 Å². The quantitative estimate of drug-likeness (QED) is 0.872. The lowest BCUT2D eigenvalue weighted by Gasteiger charge is -2.07. The number of hydrogen-bond acceptors (Lipinski definition) is 3. The number of fused-ring (bicyclic) bond motifs is 1. The zero-order valence-electron chi connectivity index (χ0n) is 9.26. The summed E-state index contributed by atoms with van der Waals surface area (Å²) in [5, 5.41) is 0.672. The van der Waals surface area contributed by atoms with Crippen molar-refractivity contribution in [1.29, 1.82) is 0 Å². The third-order valence-electron chi connectivity index (χ3n) is 2.44. The summed E-state index contributed by atoms with van der Waals surface area (Å²) in [6.07, 6.45) is 0. The minimum atomic E-state index is -3.74. The SMILES string of the molecule is O=C(Cl)CNS(=O)(=O)c1cccc2ccccc12. The molecule has 2 rings (SSSR count). The lowest BCUT2D eigenvalue weighted by atomic mass is 10.1. The van der Waals surface area contributed by atoms with Crippen molar-refractivity contribution in [2.45, 2.75) is 4.90 Å². The van der Waals surface area contributed by atoms with Crippen molar-refractivity contribution in [3.8, 4) is 0 Å². The zero-order valence-corrected chi connectivity index (χ0v) is 10.8. The van der Waals surface area contributed by atoms with Gasteiger partial charge in [-0.25, -0.2) is 13.1 Å². The summed E-state index contributed by atoms with van der Waals surface area (Å²) >= 11 is 5.12. The molecule has 0 saturated heterocycles. The summed E-state index contributed by atoms with van der Waals surface area (Å²) in [7, 11) is -3.74. The van der Waals surface area contributed by atoms with E-state index in [1.54, 1.807) is 18.2 Å². The normalized spacial score (nSPS) is 11.6. The highest BCUT2D eigenvalue weighted by molar-refractivity contribution is 7.89. The molecule has 0 aromatic heterocycles. The Morgan fingerprint density at radius 3 is 2.50 bits per heavy atom. The molecule has 0 aliphatic carbocycles. The molecule has 94 valence electrons. The molecular formula is C12H10ClNO3S. The topological polar surface area (TPSA) is 63.2 Å². The predicted octanol–water partition coefficient (Wildman–Crippen LogP) is 1.88. The zero-order chi connectivity index (χ0) is 13.2. The van der Waals surface area contributed by atoms with Crippen LogP contribution in [0.1, 0.15) is 0 Å². The van der Waals surface area contributed by atoms with E-state index in [2.05, 4.69) is 4.72 Å². The lowest BCUT2D eigenvalue weighted by molar-refractivity contribution is -0.110. The molecule has 0 bridgehead atoms. The Labute approximate surface area is 110 Å². The number of carbonyl (C=O) groups is 1. The minimum Gasteiger partial charge on any atom is -0.280 e. The fourth-order valence-corrected chi connectivity index (χ4v) is 3.02. The minimum absolute atomic E-state index is 0.138. The van der Waals surface area contributed by atoms with Crippen LogP contribution in [0.3, 0.4) is 0 Å². The molecule has 0 fully saturated rings. The van der Waals surface area contributed by atoms with Crippen molar-refractivity contribution in [2.75, 3.05) is 6.54 Å². The summed E-state index contributed by atoms with van der Waals surface area (Å²) in [5.74, 6) is 0. The highest BCUT2D eigenvalue weighted by Crippen LogP contribution is 2.22. The fraction of sp³-hybridized carbons (Fsp3) is 0.0833. The average molecular weight is 284 g/mol. The van der Waals surface area contributed by atoms with Gasteiger partial charge in [-0.15, -0.1) is 0 Å². The van der Waals surface area contributed by atoms with Gasteiger partial charge in [-0.3, -0.25) is 4.79 Å². The van der Waals surface area contributed by atoms with Gasteiger partial charge in [-0.1, -0.05) is 36.4 Å². The highest BCUT2D eigenvalue weighted by Gasteiger charge is 2.17. The Kier molecular flexibility index (Phi) is 3.65. The van der Waals surface area contributed by atoms with E-state index in [1.807, 2.05) is 18.2 Å². The Morgan fingerprint density at radius 2 is 1.78 bits per heavy atom. The summed E-state index contributed by atoms with van der Waals surface area (Å²) in [4.78, 5) is 10.8. The Morgan fingerprint density at radius 1 is 1.11 bits per heavy atom. The standard InChI is InChI=1S/C12H10ClNO3S/c13-12(15)8-14-18(16,17)11-7-3-5-9-4-1-2-6-10(9)11/h1-7,14H,8H2. The van der Waals surface area contributed by atoms with E-state index in [0.717, 1.165) is 5.39 Å². The van der Waals surface area contributed by atoms with Crippen molar-refractivity contribution in [3.63, 3.8) is 0 Å². The van der Waals surface area contributed by atoms with Crippen LogP contribution in [0.5, 0.6) is 0 Å². The second-order valence-electron chi connectivity index (χ2n) is 3.66. The molecule has 0 atom stereocenters. The van der Waals surface area contributed by atoms with Gasteiger partial charge in [-0.05, 0) is 23.1 Å². The van der Waals surface area contributed by atoms with Crippen molar-refractivity contribution < 1.29 is 13.2 Å². The van der Waals surface area contributed by atoms with Crippen LogP contribution in [-0.2, 0) is 14.8 Å². The second kappa shape index (κ2) is 5.06. The van der Waals surface area contributed by atoms with Gasteiger partial charge in [-0.2, -0.15) is 0 Å². The molecule has 0 heterocycles. The van der Waals surface area contributed by atoms with Crippen LogP contribution in [-0.4, -0.2) is 20.2 Å². The van der Waals surface area contributed by atoms with Gasteiger partial charge in [0.15, 0.2) is 0 Å². The Bertz CT molecular complexity index is 692. The third-order valence-corrected chi connectivity index (χ3v) is 4.03. The monoisotopic (exact) mass is 283 g/mol. The first-order valence-corrected chi connectivity index (χ1v) is 7.02. The van der Waals surface area contributed by atoms with Gasteiger partial charge >= 0.3 is 0 Å². The maximum absolute atomic E-state index is 12.0. The second-order valence-corrected chi connectivity index (χ2v) is 5.81. The molecule has 2 aromatic rings. The van der Waals surface area contributed by atoms with E-state index >= 15 is 0 Å². The van der Waals surface area contributed by atoms with Gasteiger partial charge in [0.1, 0.15) is 0 Å². The number of halogens is 1. The van der Waals surface area contributed by atoms with Crippen molar-refractivity contribution in [1.82, 2.24) is 4.72 Å². The van der Waals surface area contributed by atoms with Crippen molar-refractivity contribution in [2.24, 2.45) is 0 Å². The van der Waals surface area contributed by atoms with Crippen molar-refractivity contribution >= 4 is 37.6 Å². The van der Waals surface area contributed by atoms with Gasteiger partial charge in [0, 0.05) is 5.39 Å². The first-order chi connectivity index (χ1) is 8.50. The maximum Gasteiger partial charge on any atom is 0.241 e. The molecular weight excluding hydrogens is 274 g/mol. The number of sulfonamides is 1. The van der Waals surface area contributed by atoms with Crippen LogP contribution in [0.15, 0.2) is 47.4 Å². The van der Waals surface area contributed by atoms with E-state index in [1.165, 1.54) is 6.07 Å². The predicted molar refractivity (Wildman–Crippen MR) is 70.0 cm³/mol. The summed E-state index contributed by atoms with van der Waals surface area (Å²) < 4.78 is 26.2. The molecule has 6 heteroatoms. The number of carbonyl (C=O) groups excluding carboxylic acids is 1. The van der Waals surface area contributed by atoms with E-state index in [9.17, 15) is 13.2 Å². The van der Waals surface area contributed by atoms with Gasteiger partial charge < -0.3 is 0 Å². The number of rotatable bonds is 4. The van der Waals surface area contributed by atoms with Crippen LogP contribution in [0, 0.1) is 0 Å². The Balaban J connectivity index is 2.50. The molecule has 0 radical (unpaired) electrons. The lowest BCUT2D eigenvalue weighted by Crippen LogP contribution is -2.27. The molecule has 1 N–H and O–H groups in total. The average Bonchev–Trinajstić information content (AvgIpc) is 2.36. The molecule has 4 nitrogen and oxygen atoms in total. The highest BCUT2D eigenvalue weighted by atomic mass is 35.5. The maximum atomic E-state index is 12.0. The summed E-state index contributed by atoms with van der Waals surface area (Å²) in [5.41, 5.74) is 0. The molecule has 0 unspecified atom stereocenters. The molecule has 18 heavy (non-hydrogen) atoms. The van der Waals surface area contributed by atoms with E-state index in [4.69, 9.17) is 11.6 Å². The first-order valence-electron chi connectivity index (χ1n) is 5.16. The molecule has 0 aliphatic heterocycles. The van der Waals surface area contributed by atoms with Crippen LogP contribution in [0.4, 0.5) is 0 Å². The largest absolute Gasteiger partial charge is 0.280 e. The van der Waals surface area contributed by atoms with E-state index < -0.39 is 21.8 Å². The van der Waals surface area contributed by atoms with Crippen molar-refractivity contribution in [3.05, 3.63) is 42.5 Å². The number of hydrogen-bond donors (Lipinski definition) is 1. The smallest absolute Gasteiger partial charge is 0.241 e. The summed E-state index contributed by atoms with van der Waals surface area (Å²) in [6, 6.07) is 12.1. The number of nitrogens with one attached hydrogen (secondary N) is 1. The van der Waals surface area contributed by atoms with Crippen LogP contribution < -0.4 is 4.72 Å². The van der Waals surface area contributed by atoms with Gasteiger partial charge in [0.05, 0.1) is 11.4 Å². The van der Waals surface area contributed by atoms with E-state index in [-0.39, 0.29) is 4.90 Å². The van der Waals surface area contributed by atoms with Gasteiger partial charge in [0.2, 0.25) is 15.3 Å². The molecule has 2 aromatic carbocycles. The summed E-state index contributed by atoms with van der Waals surface area (Å²) in [6.45, 7) is -0.424. The van der Waals surface area contributed by atoms with Crippen LogP contribution in [0.2, 0.25) is 0 Å². The molecule has 0 aliphatic rings. The Hall–Kier alpha value is -1.43. The fourth-order valence-electron chi connectivity index (χ4n) is 1.66. The first kappa shape index (κ1) is 13.0. The molecule has 0 saturated carbocycles. The van der Waals surface area contributed by atoms with E-state index in [0.29, 0.717) is 5.39 Å². The third kappa shape index (κ3) is 2.69. The molecule has 0 spiro atoms. The van der Waals surface area contributed by atoms with Gasteiger partial charge in [0.25, 0.3) is 0 Å².